The molecule has 0 aromatic heterocycles. The zero-order valence-electron chi connectivity index (χ0n) is 30.1. The van der Waals surface area contributed by atoms with E-state index in [2.05, 4.69) is 44.2 Å². The monoisotopic (exact) mass is 657 g/mol. The maximum Gasteiger partial charge on any atom is 0.188 e. The van der Waals surface area contributed by atoms with Crippen LogP contribution >= 0.6 is 0 Å². The van der Waals surface area contributed by atoms with E-state index < -0.39 is 5.92 Å². The number of allylic oxidation sites excluding steroid dienone is 16. The molecule has 0 heterocycles. The second-order valence-corrected chi connectivity index (χ2v) is 13.0. The molecule has 0 aromatic carbocycles. The molecule has 1 rings (SSSR count). The molecule has 3 atom stereocenters. The van der Waals surface area contributed by atoms with Crippen LogP contribution in [0.1, 0.15) is 92.4 Å². The van der Waals surface area contributed by atoms with E-state index in [1.165, 1.54) is 0 Å². The SMILES string of the molecule is CC(=CC=C/C=C/C=C/C=CC(C)C(=O)C(C)=CC(C)CCCC=CC(C)CC=CCCCN(C)C(=N)N)C(=O)CC1C(=O)CCC1=O. The predicted molar refractivity (Wildman–Crippen MR) is 199 cm³/mol. The summed E-state index contributed by atoms with van der Waals surface area (Å²) in [5.74, 6) is -0.295. The van der Waals surface area contributed by atoms with Gasteiger partial charge in [0.05, 0.1) is 5.92 Å². The number of rotatable bonds is 22. The molecule has 48 heavy (non-hydrogen) atoms. The van der Waals surface area contributed by atoms with E-state index in [0.717, 1.165) is 50.6 Å². The van der Waals surface area contributed by atoms with Gasteiger partial charge in [-0.15, -0.1) is 0 Å². The molecule has 1 fully saturated rings. The third kappa shape index (κ3) is 18.3. The molecule has 1 saturated carbocycles. The molecule has 0 bridgehead atoms. The van der Waals surface area contributed by atoms with Crippen molar-refractivity contribution in [3.05, 3.63) is 96.2 Å². The van der Waals surface area contributed by atoms with Gasteiger partial charge in [-0.3, -0.25) is 24.6 Å². The number of guanidine groups is 1. The number of carbonyl (C=O) groups excluding carboxylic acids is 4. The van der Waals surface area contributed by atoms with Crippen LogP contribution in [-0.4, -0.2) is 47.6 Å². The van der Waals surface area contributed by atoms with Crippen LogP contribution in [0.2, 0.25) is 0 Å². The minimum absolute atomic E-state index is 0.0312. The second kappa shape index (κ2) is 24.1. The molecule has 0 spiro atoms. The van der Waals surface area contributed by atoms with Gasteiger partial charge in [-0.1, -0.05) is 106 Å². The van der Waals surface area contributed by atoms with Crippen LogP contribution < -0.4 is 5.73 Å². The standard InChI is InChI=1S/C41H59N3O4/c1-31(21-15-12-13-20-28-44(6)41(42)43)22-16-14-17-23-32(2)29-35(5)40(48)34(4)25-19-11-9-7-8-10-18-24-33(3)39(47)30-36-37(45)26-27-38(36)46/h7-12,15-16,18-19,22,24-25,29,31-32,34,36H,13-14,17,20-21,23,26-28,30H2,1-6H3,(H3,42,43)/b8-7+,11-9+,15-12?,18-10?,22-16?,25-19?,33-24?,35-29?. The summed E-state index contributed by atoms with van der Waals surface area (Å²) in [6.07, 6.45) is 34.2. The van der Waals surface area contributed by atoms with Crippen molar-refractivity contribution in [3.63, 3.8) is 0 Å². The first kappa shape index (κ1) is 41.9. The number of ketones is 4. The topological polar surface area (TPSA) is 121 Å². The lowest BCUT2D eigenvalue weighted by Crippen LogP contribution is -2.33. The molecule has 7 nitrogen and oxygen atoms in total. The van der Waals surface area contributed by atoms with E-state index in [1.54, 1.807) is 30.1 Å². The predicted octanol–water partition coefficient (Wildman–Crippen LogP) is 8.37. The van der Waals surface area contributed by atoms with Crippen molar-refractivity contribution in [2.24, 2.45) is 29.4 Å². The van der Waals surface area contributed by atoms with Crippen molar-refractivity contribution < 1.29 is 19.2 Å². The molecule has 1 aliphatic carbocycles. The van der Waals surface area contributed by atoms with Crippen LogP contribution in [-0.2, 0) is 19.2 Å². The molecule has 3 unspecified atom stereocenters. The maximum atomic E-state index is 12.8. The molecule has 0 radical (unpaired) electrons. The summed E-state index contributed by atoms with van der Waals surface area (Å²) in [5.41, 5.74) is 6.77. The Morgan fingerprint density at radius 1 is 0.833 bits per heavy atom. The van der Waals surface area contributed by atoms with E-state index in [0.29, 0.717) is 17.4 Å². The Morgan fingerprint density at radius 2 is 1.44 bits per heavy atom. The minimum atomic E-state index is -0.758. The summed E-state index contributed by atoms with van der Waals surface area (Å²) in [6, 6.07) is 0. The number of Topliss-reactive ketones (excluding diaryl/α,β-unsaturated/α-hetero) is 4. The first-order valence-corrected chi connectivity index (χ1v) is 17.4. The largest absolute Gasteiger partial charge is 0.370 e. The minimum Gasteiger partial charge on any atom is -0.370 e. The molecule has 0 aromatic rings. The molecule has 7 heteroatoms. The molecular weight excluding hydrogens is 598 g/mol. The fraction of sp³-hybridized carbons (Fsp3) is 0.488. The van der Waals surface area contributed by atoms with Gasteiger partial charge in [0.25, 0.3) is 0 Å². The normalized spacial score (nSPS) is 17.3. The highest BCUT2D eigenvalue weighted by molar-refractivity contribution is 6.12. The Labute approximate surface area is 289 Å². The molecule has 262 valence electrons. The molecule has 0 saturated heterocycles. The van der Waals surface area contributed by atoms with Crippen molar-refractivity contribution in [1.29, 1.82) is 5.41 Å². The summed E-state index contributed by atoms with van der Waals surface area (Å²) in [5, 5.41) is 7.38. The zero-order valence-corrected chi connectivity index (χ0v) is 30.1. The third-order valence-corrected chi connectivity index (χ3v) is 8.42. The number of hydrogen-bond acceptors (Lipinski definition) is 5. The highest BCUT2D eigenvalue weighted by atomic mass is 16.2. The quantitative estimate of drug-likeness (QED) is 0.0230. The first-order chi connectivity index (χ1) is 22.8. The van der Waals surface area contributed by atoms with Gasteiger partial charge in [0.2, 0.25) is 0 Å². The van der Waals surface area contributed by atoms with Gasteiger partial charge in [-0.25, -0.2) is 0 Å². The second-order valence-electron chi connectivity index (χ2n) is 13.0. The van der Waals surface area contributed by atoms with Gasteiger partial charge < -0.3 is 10.6 Å². The molecule has 0 aliphatic heterocycles. The summed E-state index contributed by atoms with van der Waals surface area (Å²) < 4.78 is 0. The van der Waals surface area contributed by atoms with Crippen LogP contribution in [0.4, 0.5) is 0 Å². The average Bonchev–Trinajstić information content (AvgIpc) is 3.36. The van der Waals surface area contributed by atoms with Crippen LogP contribution in [0.15, 0.2) is 96.2 Å². The Balaban J connectivity index is 2.33. The number of nitrogens with two attached hydrogens (primary N) is 1. The van der Waals surface area contributed by atoms with E-state index in [9.17, 15) is 19.2 Å². The molecular formula is C41H59N3O4. The van der Waals surface area contributed by atoms with Crippen LogP contribution in [0, 0.1) is 29.1 Å². The maximum absolute atomic E-state index is 12.8. The Morgan fingerprint density at radius 3 is 2.08 bits per heavy atom. The molecule has 3 N–H and O–H groups in total. The van der Waals surface area contributed by atoms with E-state index in [4.69, 9.17) is 11.1 Å². The third-order valence-electron chi connectivity index (χ3n) is 8.42. The lowest BCUT2D eigenvalue weighted by molar-refractivity contribution is -0.130. The zero-order chi connectivity index (χ0) is 35.9. The van der Waals surface area contributed by atoms with Crippen LogP contribution in [0.25, 0.3) is 0 Å². The highest BCUT2D eigenvalue weighted by Crippen LogP contribution is 2.22. The van der Waals surface area contributed by atoms with Crippen molar-refractivity contribution >= 4 is 29.1 Å². The summed E-state index contributed by atoms with van der Waals surface area (Å²) in [4.78, 5) is 50.4. The highest BCUT2D eigenvalue weighted by Gasteiger charge is 2.34. The lowest BCUT2D eigenvalue weighted by atomic mass is 9.94. The van der Waals surface area contributed by atoms with Crippen LogP contribution in [0.5, 0.6) is 0 Å². The molecule has 0 amide bonds. The van der Waals surface area contributed by atoms with Gasteiger partial charge in [0.1, 0.15) is 11.6 Å². The summed E-state index contributed by atoms with van der Waals surface area (Å²) in [7, 11) is 1.84. The first-order valence-electron chi connectivity index (χ1n) is 17.4. The van der Waals surface area contributed by atoms with Crippen molar-refractivity contribution in [3.8, 4) is 0 Å². The van der Waals surface area contributed by atoms with Gasteiger partial charge in [-0.05, 0) is 75.4 Å². The van der Waals surface area contributed by atoms with E-state index >= 15 is 0 Å². The van der Waals surface area contributed by atoms with Crippen molar-refractivity contribution in [1.82, 2.24) is 4.90 Å². The number of hydrogen-bond donors (Lipinski definition) is 2. The number of nitrogens with one attached hydrogen (secondary N) is 1. The lowest BCUT2D eigenvalue weighted by Gasteiger charge is -2.15. The van der Waals surface area contributed by atoms with Crippen molar-refractivity contribution in [2.45, 2.75) is 92.4 Å². The summed E-state index contributed by atoms with van der Waals surface area (Å²) >= 11 is 0. The Hall–Kier alpha value is -4.13. The number of unbranched alkanes of at least 4 members (excludes halogenated alkanes) is 2. The number of carbonyl (C=O) groups is 4. The van der Waals surface area contributed by atoms with Crippen molar-refractivity contribution in [2.75, 3.05) is 13.6 Å². The fourth-order valence-electron chi connectivity index (χ4n) is 5.19. The average molecular weight is 658 g/mol. The van der Waals surface area contributed by atoms with E-state index in [-0.39, 0.29) is 54.3 Å². The fourth-order valence-corrected chi connectivity index (χ4v) is 5.19. The van der Waals surface area contributed by atoms with Gasteiger partial charge in [0.15, 0.2) is 17.5 Å². The van der Waals surface area contributed by atoms with Crippen LogP contribution in [0.3, 0.4) is 0 Å². The molecule has 1 aliphatic rings. The smallest absolute Gasteiger partial charge is 0.188 e. The summed E-state index contributed by atoms with van der Waals surface area (Å²) in [6.45, 7) is 10.7. The number of nitrogens with zero attached hydrogens (tertiary/aromatic N) is 1. The van der Waals surface area contributed by atoms with E-state index in [1.807, 2.05) is 57.4 Å². The van der Waals surface area contributed by atoms with Gasteiger partial charge >= 0.3 is 0 Å². The Kier molecular flexibility index (Phi) is 21.0. The van der Waals surface area contributed by atoms with Gasteiger partial charge in [0, 0.05) is 38.8 Å². The Bertz CT molecular complexity index is 1310. The van der Waals surface area contributed by atoms with Gasteiger partial charge in [-0.2, -0.15) is 0 Å².